The first-order valence-electron chi connectivity index (χ1n) is 7.18. The SMILES string of the molecule is Cc1ccc(Nc2cncnc2)c(C(=O)Nc2cccc(Cl)c2)n1. The number of pyridine rings is 1. The van der Waals surface area contributed by atoms with E-state index in [1.807, 2.05) is 13.0 Å². The minimum atomic E-state index is -0.333. The molecule has 0 radical (unpaired) electrons. The minimum absolute atomic E-state index is 0.277. The van der Waals surface area contributed by atoms with E-state index >= 15 is 0 Å². The van der Waals surface area contributed by atoms with Gasteiger partial charge in [0.2, 0.25) is 0 Å². The van der Waals surface area contributed by atoms with Crippen molar-refractivity contribution in [1.29, 1.82) is 0 Å². The number of aromatic nitrogens is 3. The Balaban J connectivity index is 1.88. The standard InChI is InChI=1S/C17H14ClN5O/c1-11-5-6-15(22-14-8-19-10-20-9-14)16(21-11)17(24)23-13-4-2-3-12(18)7-13/h2-10,22H,1H3,(H,23,24). The van der Waals surface area contributed by atoms with E-state index in [4.69, 9.17) is 11.6 Å². The predicted molar refractivity (Wildman–Crippen MR) is 93.7 cm³/mol. The van der Waals surface area contributed by atoms with Crippen LogP contribution in [-0.2, 0) is 0 Å². The van der Waals surface area contributed by atoms with Crippen LogP contribution in [0.15, 0.2) is 55.1 Å². The second kappa shape index (κ2) is 7.06. The van der Waals surface area contributed by atoms with Gasteiger partial charge in [-0.05, 0) is 37.3 Å². The molecule has 3 aromatic rings. The molecule has 0 fully saturated rings. The Labute approximate surface area is 143 Å². The average molecular weight is 340 g/mol. The van der Waals surface area contributed by atoms with Gasteiger partial charge in [0.1, 0.15) is 6.33 Å². The van der Waals surface area contributed by atoms with E-state index in [1.165, 1.54) is 6.33 Å². The summed E-state index contributed by atoms with van der Waals surface area (Å²) in [5, 5.41) is 6.44. The monoisotopic (exact) mass is 339 g/mol. The van der Waals surface area contributed by atoms with Gasteiger partial charge in [-0.15, -0.1) is 0 Å². The summed E-state index contributed by atoms with van der Waals surface area (Å²) in [6.07, 6.45) is 4.67. The Morgan fingerprint density at radius 2 is 1.88 bits per heavy atom. The lowest BCUT2D eigenvalue weighted by molar-refractivity contribution is 0.102. The lowest BCUT2D eigenvalue weighted by atomic mass is 10.2. The van der Waals surface area contributed by atoms with Crippen LogP contribution in [-0.4, -0.2) is 20.9 Å². The number of hydrogen-bond donors (Lipinski definition) is 2. The number of nitrogens with zero attached hydrogens (tertiary/aromatic N) is 3. The molecule has 0 atom stereocenters. The van der Waals surface area contributed by atoms with Crippen LogP contribution < -0.4 is 10.6 Å². The van der Waals surface area contributed by atoms with E-state index in [2.05, 4.69) is 25.6 Å². The van der Waals surface area contributed by atoms with Gasteiger partial charge in [0.15, 0.2) is 5.69 Å². The number of anilines is 3. The topological polar surface area (TPSA) is 79.8 Å². The normalized spacial score (nSPS) is 10.2. The maximum Gasteiger partial charge on any atom is 0.276 e. The zero-order valence-electron chi connectivity index (χ0n) is 12.8. The Morgan fingerprint density at radius 3 is 2.62 bits per heavy atom. The van der Waals surface area contributed by atoms with Gasteiger partial charge in [-0.3, -0.25) is 4.79 Å². The molecule has 24 heavy (non-hydrogen) atoms. The minimum Gasteiger partial charge on any atom is -0.351 e. The summed E-state index contributed by atoms with van der Waals surface area (Å²) >= 11 is 5.94. The number of amides is 1. The van der Waals surface area contributed by atoms with Gasteiger partial charge in [0, 0.05) is 16.4 Å². The molecule has 0 aliphatic rings. The first kappa shape index (κ1) is 15.9. The second-order valence-electron chi connectivity index (χ2n) is 5.07. The molecule has 0 saturated carbocycles. The van der Waals surface area contributed by atoms with Crippen LogP contribution >= 0.6 is 11.6 Å². The van der Waals surface area contributed by atoms with Crippen molar-refractivity contribution >= 4 is 34.6 Å². The van der Waals surface area contributed by atoms with E-state index in [9.17, 15) is 4.79 Å². The molecule has 7 heteroatoms. The number of nitrogens with one attached hydrogen (secondary N) is 2. The highest BCUT2D eigenvalue weighted by molar-refractivity contribution is 6.31. The fraction of sp³-hybridized carbons (Fsp3) is 0.0588. The molecule has 0 bridgehead atoms. The summed E-state index contributed by atoms with van der Waals surface area (Å²) in [5.41, 5.74) is 2.85. The lowest BCUT2D eigenvalue weighted by Gasteiger charge is -2.12. The molecule has 2 N–H and O–H groups in total. The molecule has 120 valence electrons. The van der Waals surface area contributed by atoms with Gasteiger partial charge >= 0.3 is 0 Å². The highest BCUT2D eigenvalue weighted by Crippen LogP contribution is 2.21. The molecule has 0 aliphatic carbocycles. The van der Waals surface area contributed by atoms with Gasteiger partial charge < -0.3 is 10.6 Å². The predicted octanol–water partition coefficient (Wildman–Crippen LogP) is 3.83. The number of rotatable bonds is 4. The second-order valence-corrected chi connectivity index (χ2v) is 5.50. The largest absolute Gasteiger partial charge is 0.351 e. The molecule has 1 amide bonds. The van der Waals surface area contributed by atoms with Crippen molar-refractivity contribution in [2.24, 2.45) is 0 Å². The van der Waals surface area contributed by atoms with E-state index in [0.717, 1.165) is 5.69 Å². The molecule has 6 nitrogen and oxygen atoms in total. The van der Waals surface area contributed by atoms with Crippen LogP contribution in [0.25, 0.3) is 0 Å². The van der Waals surface area contributed by atoms with Gasteiger partial charge in [-0.25, -0.2) is 15.0 Å². The summed E-state index contributed by atoms with van der Waals surface area (Å²) in [6.45, 7) is 1.82. The van der Waals surface area contributed by atoms with Crippen molar-refractivity contribution in [3.05, 3.63) is 71.5 Å². The molecule has 1 aromatic carbocycles. The summed E-state index contributed by atoms with van der Waals surface area (Å²) in [5.74, 6) is -0.333. The third kappa shape index (κ3) is 3.85. The molecule has 0 aliphatic heterocycles. The van der Waals surface area contributed by atoms with Gasteiger partial charge in [0.05, 0.1) is 23.8 Å². The molecule has 2 heterocycles. The van der Waals surface area contributed by atoms with E-state index in [0.29, 0.717) is 22.1 Å². The van der Waals surface area contributed by atoms with Crippen molar-refractivity contribution in [2.45, 2.75) is 6.92 Å². The maximum absolute atomic E-state index is 12.6. The van der Waals surface area contributed by atoms with Crippen LogP contribution in [0.1, 0.15) is 16.2 Å². The van der Waals surface area contributed by atoms with Gasteiger partial charge in [0.25, 0.3) is 5.91 Å². The first-order chi connectivity index (χ1) is 11.6. The molecule has 0 spiro atoms. The zero-order valence-corrected chi connectivity index (χ0v) is 13.6. The number of carbonyl (C=O) groups is 1. The van der Waals surface area contributed by atoms with E-state index in [1.54, 1.807) is 42.7 Å². The van der Waals surface area contributed by atoms with Crippen LogP contribution in [0.2, 0.25) is 5.02 Å². The van der Waals surface area contributed by atoms with Gasteiger partial charge in [-0.1, -0.05) is 17.7 Å². The fourth-order valence-electron chi connectivity index (χ4n) is 2.11. The third-order valence-corrected chi connectivity index (χ3v) is 3.41. The van der Waals surface area contributed by atoms with Crippen molar-refractivity contribution < 1.29 is 4.79 Å². The summed E-state index contributed by atoms with van der Waals surface area (Å²) in [6, 6.07) is 10.6. The van der Waals surface area contributed by atoms with E-state index in [-0.39, 0.29) is 11.6 Å². The summed E-state index contributed by atoms with van der Waals surface area (Å²) < 4.78 is 0. The number of halogens is 1. The maximum atomic E-state index is 12.6. The molecule has 0 unspecified atom stereocenters. The molecule has 3 rings (SSSR count). The quantitative estimate of drug-likeness (QED) is 0.755. The van der Waals surface area contributed by atoms with Crippen LogP contribution in [0.3, 0.4) is 0 Å². The number of carbonyl (C=O) groups excluding carboxylic acids is 1. The summed E-state index contributed by atoms with van der Waals surface area (Å²) in [7, 11) is 0. The van der Waals surface area contributed by atoms with Crippen molar-refractivity contribution in [3.8, 4) is 0 Å². The number of hydrogen-bond acceptors (Lipinski definition) is 5. The fourth-order valence-corrected chi connectivity index (χ4v) is 2.30. The summed E-state index contributed by atoms with van der Waals surface area (Å²) in [4.78, 5) is 24.8. The molecule has 2 aromatic heterocycles. The Kier molecular flexibility index (Phi) is 4.67. The Morgan fingerprint density at radius 1 is 1.08 bits per heavy atom. The third-order valence-electron chi connectivity index (χ3n) is 3.17. The zero-order chi connectivity index (χ0) is 16.9. The Hall–Kier alpha value is -2.99. The van der Waals surface area contributed by atoms with Gasteiger partial charge in [-0.2, -0.15) is 0 Å². The highest BCUT2D eigenvalue weighted by Gasteiger charge is 2.14. The van der Waals surface area contributed by atoms with Crippen LogP contribution in [0.4, 0.5) is 17.1 Å². The van der Waals surface area contributed by atoms with Crippen LogP contribution in [0, 0.1) is 6.92 Å². The smallest absolute Gasteiger partial charge is 0.276 e. The number of aryl methyl sites for hydroxylation is 1. The number of benzene rings is 1. The molecular weight excluding hydrogens is 326 g/mol. The Bertz CT molecular complexity index is 870. The van der Waals surface area contributed by atoms with E-state index < -0.39 is 0 Å². The molecular formula is C17H14ClN5O. The molecule has 0 saturated heterocycles. The lowest BCUT2D eigenvalue weighted by Crippen LogP contribution is -2.16. The first-order valence-corrected chi connectivity index (χ1v) is 7.56. The highest BCUT2D eigenvalue weighted by atomic mass is 35.5. The average Bonchev–Trinajstić information content (AvgIpc) is 2.57. The van der Waals surface area contributed by atoms with Crippen molar-refractivity contribution in [3.63, 3.8) is 0 Å². The van der Waals surface area contributed by atoms with Crippen LogP contribution in [0.5, 0.6) is 0 Å². The van der Waals surface area contributed by atoms with Crippen molar-refractivity contribution in [2.75, 3.05) is 10.6 Å². The van der Waals surface area contributed by atoms with Crippen molar-refractivity contribution in [1.82, 2.24) is 15.0 Å².